The summed E-state index contributed by atoms with van der Waals surface area (Å²) in [7, 11) is 0. The van der Waals surface area contributed by atoms with Crippen LogP contribution in [0.1, 0.15) is 27.8 Å². The number of hydrogen-bond acceptors (Lipinski definition) is 2. The van der Waals surface area contributed by atoms with Gasteiger partial charge >= 0.3 is 0 Å². The molecule has 0 atom stereocenters. The summed E-state index contributed by atoms with van der Waals surface area (Å²) in [5.74, 6) is 0. The van der Waals surface area contributed by atoms with Gasteiger partial charge in [-0.05, 0) is 49.9 Å². The Hall–Kier alpha value is -1.02. The van der Waals surface area contributed by atoms with Crippen LogP contribution >= 0.6 is 0 Å². The molecule has 1 aromatic rings. The van der Waals surface area contributed by atoms with Crippen molar-refractivity contribution in [3.05, 3.63) is 27.8 Å². The zero-order chi connectivity index (χ0) is 9.75. The first kappa shape index (κ1) is 8.57. The number of fused-ring (bicyclic) bond motifs is 1. The highest BCUT2D eigenvalue weighted by molar-refractivity contribution is 5.71. The van der Waals surface area contributed by atoms with Crippen molar-refractivity contribution in [1.82, 2.24) is 0 Å². The van der Waals surface area contributed by atoms with Gasteiger partial charge in [-0.25, -0.2) is 0 Å². The molecule has 0 saturated carbocycles. The molecule has 1 aliphatic heterocycles. The average molecular weight is 177 g/mol. The molecule has 0 saturated heterocycles. The second-order valence-electron chi connectivity index (χ2n) is 3.88. The summed E-state index contributed by atoms with van der Waals surface area (Å²) in [6, 6.07) is 0. The second-order valence-corrected chi connectivity index (χ2v) is 3.88. The molecule has 0 aromatic heterocycles. The van der Waals surface area contributed by atoms with E-state index in [-0.39, 0.29) is 0 Å². The fourth-order valence-corrected chi connectivity index (χ4v) is 2.05. The van der Waals surface area contributed by atoms with Crippen LogP contribution in [0.5, 0.6) is 0 Å². The van der Waals surface area contributed by atoms with E-state index in [0.29, 0.717) is 6.54 Å². The number of nitrogens with zero attached hydrogens (tertiary/aromatic N) is 1. The van der Waals surface area contributed by atoms with Gasteiger partial charge < -0.3 is 0 Å². The average Bonchev–Trinajstić information content (AvgIpc) is 2.08. The van der Waals surface area contributed by atoms with Gasteiger partial charge in [-0.15, -0.1) is 0 Å². The maximum Gasteiger partial charge on any atom is 0.0728 e. The lowest BCUT2D eigenvalue weighted by Gasteiger charge is -2.35. The lowest BCUT2D eigenvalue weighted by molar-refractivity contribution is 0.229. The van der Waals surface area contributed by atoms with Gasteiger partial charge in [0.25, 0.3) is 0 Å². The van der Waals surface area contributed by atoms with Crippen molar-refractivity contribution in [3.8, 4) is 0 Å². The molecule has 2 heteroatoms. The summed E-state index contributed by atoms with van der Waals surface area (Å²) in [4.78, 5) is 0. The minimum Gasteiger partial charge on any atom is -0.288 e. The summed E-state index contributed by atoms with van der Waals surface area (Å²) >= 11 is 0. The minimum absolute atomic E-state index is 0.684. The van der Waals surface area contributed by atoms with Gasteiger partial charge in [-0.2, -0.15) is 0 Å². The van der Waals surface area contributed by atoms with Crippen LogP contribution in [-0.4, -0.2) is 5.21 Å². The van der Waals surface area contributed by atoms with E-state index in [9.17, 15) is 5.21 Å². The third kappa shape index (κ3) is 0.923. The topological polar surface area (TPSA) is 23.5 Å². The Morgan fingerprint density at radius 1 is 0.923 bits per heavy atom. The molecule has 0 amide bonds. The van der Waals surface area contributed by atoms with E-state index in [1.54, 1.807) is 0 Å². The van der Waals surface area contributed by atoms with Gasteiger partial charge in [-0.3, -0.25) is 10.3 Å². The molecule has 2 nitrogen and oxygen atoms in total. The van der Waals surface area contributed by atoms with Crippen LogP contribution in [-0.2, 0) is 6.54 Å². The summed E-state index contributed by atoms with van der Waals surface area (Å²) in [5, 5.41) is 10.8. The Balaban J connectivity index is 2.75. The Morgan fingerprint density at radius 3 is 2.00 bits per heavy atom. The van der Waals surface area contributed by atoms with Gasteiger partial charge in [-0.1, -0.05) is 0 Å². The summed E-state index contributed by atoms with van der Waals surface area (Å²) in [6.07, 6.45) is 0. The van der Waals surface area contributed by atoms with Crippen molar-refractivity contribution >= 4 is 5.69 Å². The lowest BCUT2D eigenvalue weighted by atomic mass is 9.88. The van der Waals surface area contributed by atoms with E-state index in [1.165, 1.54) is 32.9 Å². The minimum atomic E-state index is 0.684. The van der Waals surface area contributed by atoms with E-state index in [4.69, 9.17) is 0 Å². The summed E-state index contributed by atoms with van der Waals surface area (Å²) < 4.78 is 0. The van der Waals surface area contributed by atoms with Gasteiger partial charge in [0.15, 0.2) is 0 Å². The van der Waals surface area contributed by atoms with E-state index in [0.717, 1.165) is 5.69 Å². The monoisotopic (exact) mass is 177 g/mol. The van der Waals surface area contributed by atoms with Gasteiger partial charge in [0.1, 0.15) is 0 Å². The third-order valence-electron chi connectivity index (χ3n) is 3.35. The van der Waals surface area contributed by atoms with Crippen LogP contribution in [0, 0.1) is 27.7 Å². The van der Waals surface area contributed by atoms with Crippen LogP contribution in [0.4, 0.5) is 5.69 Å². The van der Waals surface area contributed by atoms with Gasteiger partial charge in [0.2, 0.25) is 0 Å². The van der Waals surface area contributed by atoms with E-state index in [1.807, 2.05) is 0 Å². The first-order chi connectivity index (χ1) is 6.04. The Morgan fingerprint density at radius 2 is 1.46 bits per heavy atom. The van der Waals surface area contributed by atoms with E-state index >= 15 is 0 Å². The number of rotatable bonds is 0. The van der Waals surface area contributed by atoms with Crippen LogP contribution in [0.2, 0.25) is 0 Å². The molecule has 1 aliphatic rings. The van der Waals surface area contributed by atoms with E-state index in [2.05, 4.69) is 27.7 Å². The molecule has 2 rings (SSSR count). The number of hydroxylamine groups is 1. The number of anilines is 1. The van der Waals surface area contributed by atoms with Crippen LogP contribution in [0.15, 0.2) is 0 Å². The van der Waals surface area contributed by atoms with Crippen LogP contribution in [0.25, 0.3) is 0 Å². The molecule has 1 heterocycles. The molecular weight excluding hydrogens is 162 g/mol. The zero-order valence-electron chi connectivity index (χ0n) is 8.60. The van der Waals surface area contributed by atoms with Crippen molar-refractivity contribution in [2.75, 3.05) is 5.06 Å². The smallest absolute Gasteiger partial charge is 0.0728 e. The van der Waals surface area contributed by atoms with Gasteiger partial charge in [0.05, 0.1) is 12.2 Å². The maximum absolute atomic E-state index is 9.45. The van der Waals surface area contributed by atoms with Crippen molar-refractivity contribution in [2.45, 2.75) is 34.2 Å². The molecule has 13 heavy (non-hydrogen) atoms. The molecule has 0 aliphatic carbocycles. The van der Waals surface area contributed by atoms with E-state index < -0.39 is 0 Å². The molecule has 1 aromatic carbocycles. The predicted molar refractivity (Wildman–Crippen MR) is 53.4 cm³/mol. The molecule has 0 bridgehead atoms. The Labute approximate surface area is 78.8 Å². The third-order valence-corrected chi connectivity index (χ3v) is 3.35. The zero-order valence-corrected chi connectivity index (χ0v) is 8.60. The van der Waals surface area contributed by atoms with Crippen molar-refractivity contribution in [3.63, 3.8) is 0 Å². The van der Waals surface area contributed by atoms with Crippen molar-refractivity contribution < 1.29 is 5.21 Å². The van der Waals surface area contributed by atoms with Crippen LogP contribution < -0.4 is 5.06 Å². The quantitative estimate of drug-likeness (QED) is 0.658. The van der Waals surface area contributed by atoms with Crippen molar-refractivity contribution in [1.29, 1.82) is 0 Å². The maximum atomic E-state index is 9.45. The fourth-order valence-electron chi connectivity index (χ4n) is 2.05. The Bertz CT molecular complexity index is 359. The first-order valence-corrected chi connectivity index (χ1v) is 4.59. The van der Waals surface area contributed by atoms with Crippen LogP contribution in [0.3, 0.4) is 0 Å². The first-order valence-electron chi connectivity index (χ1n) is 4.59. The largest absolute Gasteiger partial charge is 0.288 e. The number of benzene rings is 1. The molecular formula is C11H15NO. The molecule has 1 N–H and O–H groups in total. The lowest BCUT2D eigenvalue weighted by Crippen LogP contribution is -2.31. The SMILES string of the molecule is Cc1c(C)c(C)c2c(c1C)CN2O. The summed E-state index contributed by atoms with van der Waals surface area (Å²) in [5.41, 5.74) is 7.55. The van der Waals surface area contributed by atoms with Gasteiger partial charge in [0, 0.05) is 5.56 Å². The van der Waals surface area contributed by atoms with Crippen molar-refractivity contribution in [2.24, 2.45) is 0 Å². The highest BCUT2D eigenvalue weighted by Gasteiger charge is 2.27. The summed E-state index contributed by atoms with van der Waals surface area (Å²) in [6.45, 7) is 9.15. The molecule has 70 valence electrons. The highest BCUT2D eigenvalue weighted by Crippen LogP contribution is 2.40. The number of hydrogen-bond donors (Lipinski definition) is 1. The predicted octanol–water partition coefficient (Wildman–Crippen LogP) is 2.63. The fraction of sp³-hybridized carbons (Fsp3) is 0.455. The molecule has 0 spiro atoms. The molecule has 0 unspecified atom stereocenters. The Kier molecular flexibility index (Phi) is 1.64. The highest BCUT2D eigenvalue weighted by atomic mass is 16.5. The molecule has 0 fully saturated rings. The normalized spacial score (nSPS) is 14.1. The standard InChI is InChI=1S/C11H15NO/c1-6-7(2)9(4)11-10(8(6)3)5-12(11)13/h13H,5H2,1-4H3. The second kappa shape index (κ2) is 2.48. The molecule has 0 radical (unpaired) electrons.